The summed E-state index contributed by atoms with van der Waals surface area (Å²) in [5.41, 5.74) is 4.10. The van der Waals surface area contributed by atoms with E-state index in [2.05, 4.69) is 10.3 Å². The lowest BCUT2D eigenvalue weighted by Gasteiger charge is -2.26. The number of H-pyrrole nitrogens is 1. The highest BCUT2D eigenvalue weighted by Gasteiger charge is 2.25. The number of amides is 2. The Hall–Kier alpha value is -2.96. The standard InChI is InChI=1S/C24H33N3O4/c1-5-31-23(28)22-16(2)21(17(3)25-22)15-27(24(29)26-19-8-6-7-9-19)14-18-10-12-20(30-4)13-11-18/h10-13,19,25H,5-9,14-15H2,1-4H3,(H,26,29). The summed E-state index contributed by atoms with van der Waals surface area (Å²) in [6.07, 6.45) is 4.36. The maximum Gasteiger partial charge on any atom is 0.355 e. The van der Waals surface area contributed by atoms with Crippen LogP contribution in [0, 0.1) is 13.8 Å². The molecule has 0 radical (unpaired) electrons. The Bertz CT molecular complexity index is 898. The number of nitrogens with one attached hydrogen (secondary N) is 2. The van der Waals surface area contributed by atoms with Gasteiger partial charge in [0.15, 0.2) is 0 Å². The molecule has 1 aromatic carbocycles. The third-order valence-corrected chi connectivity index (χ3v) is 5.92. The van der Waals surface area contributed by atoms with E-state index in [-0.39, 0.29) is 18.0 Å². The lowest BCUT2D eigenvalue weighted by molar-refractivity contribution is 0.0519. The summed E-state index contributed by atoms with van der Waals surface area (Å²) in [6, 6.07) is 7.88. The van der Waals surface area contributed by atoms with Gasteiger partial charge in [-0.15, -0.1) is 0 Å². The van der Waals surface area contributed by atoms with Gasteiger partial charge in [-0.1, -0.05) is 25.0 Å². The smallest absolute Gasteiger partial charge is 0.355 e. The molecule has 168 valence electrons. The molecule has 1 saturated carbocycles. The van der Waals surface area contributed by atoms with Crippen LogP contribution in [0.2, 0.25) is 0 Å². The molecule has 7 heteroatoms. The zero-order valence-electron chi connectivity index (χ0n) is 18.9. The molecule has 2 aromatic rings. The minimum absolute atomic E-state index is 0.0830. The van der Waals surface area contributed by atoms with Gasteiger partial charge < -0.3 is 24.7 Å². The highest BCUT2D eigenvalue weighted by atomic mass is 16.5. The molecule has 0 aliphatic heterocycles. The van der Waals surface area contributed by atoms with Gasteiger partial charge in [-0.05, 0) is 62.4 Å². The Morgan fingerprint density at radius 1 is 1.13 bits per heavy atom. The molecule has 0 atom stereocenters. The number of urea groups is 1. The van der Waals surface area contributed by atoms with Gasteiger partial charge in [0.05, 0.1) is 13.7 Å². The molecule has 3 rings (SSSR count). The van der Waals surface area contributed by atoms with E-state index in [1.165, 1.54) is 0 Å². The summed E-state index contributed by atoms with van der Waals surface area (Å²) in [5.74, 6) is 0.411. The first-order chi connectivity index (χ1) is 14.9. The molecule has 2 amide bonds. The van der Waals surface area contributed by atoms with Crippen LogP contribution in [0.3, 0.4) is 0 Å². The molecule has 31 heavy (non-hydrogen) atoms. The number of aromatic nitrogens is 1. The Labute approximate surface area is 184 Å². The minimum Gasteiger partial charge on any atom is -0.497 e. The number of ether oxygens (including phenoxy) is 2. The van der Waals surface area contributed by atoms with Gasteiger partial charge in [0.2, 0.25) is 0 Å². The number of methoxy groups -OCH3 is 1. The second-order valence-corrected chi connectivity index (χ2v) is 8.08. The van der Waals surface area contributed by atoms with Crippen molar-refractivity contribution in [3.8, 4) is 5.75 Å². The van der Waals surface area contributed by atoms with Gasteiger partial charge in [-0.2, -0.15) is 0 Å². The normalized spacial score (nSPS) is 13.8. The van der Waals surface area contributed by atoms with Crippen molar-refractivity contribution in [1.29, 1.82) is 0 Å². The summed E-state index contributed by atoms with van der Waals surface area (Å²) in [4.78, 5) is 30.4. The van der Waals surface area contributed by atoms with Crippen LogP contribution in [-0.4, -0.2) is 41.6 Å². The van der Waals surface area contributed by atoms with E-state index < -0.39 is 0 Å². The number of aromatic amines is 1. The summed E-state index contributed by atoms with van der Waals surface area (Å²) in [5, 5.41) is 3.19. The number of esters is 1. The second-order valence-electron chi connectivity index (χ2n) is 8.08. The highest BCUT2D eigenvalue weighted by molar-refractivity contribution is 5.90. The van der Waals surface area contributed by atoms with Gasteiger partial charge >= 0.3 is 12.0 Å². The Morgan fingerprint density at radius 2 is 1.81 bits per heavy atom. The van der Waals surface area contributed by atoms with E-state index >= 15 is 0 Å². The first-order valence-electron chi connectivity index (χ1n) is 11.0. The highest BCUT2D eigenvalue weighted by Crippen LogP contribution is 2.23. The summed E-state index contributed by atoms with van der Waals surface area (Å²) in [7, 11) is 1.63. The molecule has 1 fully saturated rings. The van der Waals surface area contributed by atoms with E-state index in [0.717, 1.165) is 53.8 Å². The molecule has 2 N–H and O–H groups in total. The Morgan fingerprint density at radius 3 is 2.42 bits per heavy atom. The third kappa shape index (κ3) is 5.60. The van der Waals surface area contributed by atoms with Crippen molar-refractivity contribution in [3.05, 3.63) is 52.3 Å². The predicted octanol–water partition coefficient (Wildman–Crippen LogP) is 4.47. The third-order valence-electron chi connectivity index (χ3n) is 5.92. The zero-order chi connectivity index (χ0) is 22.4. The van der Waals surface area contributed by atoms with Crippen LogP contribution in [-0.2, 0) is 17.8 Å². The number of hydrogen-bond donors (Lipinski definition) is 2. The summed E-state index contributed by atoms with van der Waals surface area (Å²) < 4.78 is 10.4. The number of carbonyl (C=O) groups excluding carboxylic acids is 2. The number of hydrogen-bond acceptors (Lipinski definition) is 4. The van der Waals surface area contributed by atoms with Crippen molar-refractivity contribution >= 4 is 12.0 Å². The number of aryl methyl sites for hydroxylation is 1. The fraction of sp³-hybridized carbons (Fsp3) is 0.500. The average Bonchev–Trinajstić information content (AvgIpc) is 3.37. The quantitative estimate of drug-likeness (QED) is 0.609. The van der Waals surface area contributed by atoms with Crippen molar-refractivity contribution < 1.29 is 19.1 Å². The number of rotatable bonds is 8. The summed E-state index contributed by atoms with van der Waals surface area (Å²) >= 11 is 0. The second kappa shape index (κ2) is 10.4. The van der Waals surface area contributed by atoms with Gasteiger partial charge in [0.1, 0.15) is 11.4 Å². The van der Waals surface area contributed by atoms with Crippen molar-refractivity contribution in [2.75, 3.05) is 13.7 Å². The molecule has 1 aliphatic rings. The van der Waals surface area contributed by atoms with E-state index in [1.807, 2.05) is 38.1 Å². The van der Waals surface area contributed by atoms with Crippen LogP contribution in [0.5, 0.6) is 5.75 Å². The van der Waals surface area contributed by atoms with Crippen LogP contribution in [0.25, 0.3) is 0 Å². The molecule has 0 spiro atoms. The first-order valence-corrected chi connectivity index (χ1v) is 11.0. The van der Waals surface area contributed by atoms with Crippen molar-refractivity contribution in [3.63, 3.8) is 0 Å². The molecule has 0 bridgehead atoms. The number of benzene rings is 1. The number of nitrogens with zero attached hydrogens (tertiary/aromatic N) is 1. The largest absolute Gasteiger partial charge is 0.497 e. The van der Waals surface area contributed by atoms with Crippen LogP contribution in [0.4, 0.5) is 4.79 Å². The molecule has 1 aliphatic carbocycles. The molecule has 0 saturated heterocycles. The minimum atomic E-state index is -0.369. The van der Waals surface area contributed by atoms with E-state index in [9.17, 15) is 9.59 Å². The van der Waals surface area contributed by atoms with Gasteiger partial charge in [0, 0.05) is 24.8 Å². The van der Waals surface area contributed by atoms with E-state index in [1.54, 1.807) is 18.9 Å². The van der Waals surface area contributed by atoms with Crippen LogP contribution >= 0.6 is 0 Å². The maximum absolute atomic E-state index is 13.2. The van der Waals surface area contributed by atoms with Gasteiger partial charge in [-0.3, -0.25) is 0 Å². The SMILES string of the molecule is CCOC(=O)c1[nH]c(C)c(CN(Cc2ccc(OC)cc2)C(=O)NC2CCCC2)c1C. The fourth-order valence-electron chi connectivity index (χ4n) is 4.11. The molecule has 0 unspecified atom stereocenters. The summed E-state index contributed by atoms with van der Waals surface area (Å²) in [6.45, 7) is 6.78. The first kappa shape index (κ1) is 22.7. The maximum atomic E-state index is 13.2. The van der Waals surface area contributed by atoms with Gasteiger partial charge in [-0.25, -0.2) is 9.59 Å². The lowest BCUT2D eigenvalue weighted by Crippen LogP contribution is -2.43. The Kier molecular flexibility index (Phi) is 7.60. The molecule has 1 aromatic heterocycles. The van der Waals surface area contributed by atoms with Gasteiger partial charge in [0.25, 0.3) is 0 Å². The van der Waals surface area contributed by atoms with Crippen molar-refractivity contribution in [2.45, 2.75) is 65.6 Å². The Balaban J connectivity index is 1.83. The van der Waals surface area contributed by atoms with Crippen molar-refractivity contribution in [2.24, 2.45) is 0 Å². The predicted molar refractivity (Wildman–Crippen MR) is 119 cm³/mol. The average molecular weight is 428 g/mol. The van der Waals surface area contributed by atoms with Crippen molar-refractivity contribution in [1.82, 2.24) is 15.2 Å². The van der Waals surface area contributed by atoms with E-state index in [0.29, 0.717) is 25.4 Å². The topological polar surface area (TPSA) is 83.7 Å². The molecular formula is C24H33N3O4. The van der Waals surface area contributed by atoms with E-state index in [4.69, 9.17) is 9.47 Å². The number of carbonyl (C=O) groups is 2. The molecular weight excluding hydrogens is 394 g/mol. The zero-order valence-corrected chi connectivity index (χ0v) is 18.9. The molecule has 7 nitrogen and oxygen atoms in total. The fourth-order valence-corrected chi connectivity index (χ4v) is 4.11. The molecule has 1 heterocycles. The van der Waals surface area contributed by atoms with Crippen LogP contribution < -0.4 is 10.1 Å². The lowest BCUT2D eigenvalue weighted by atomic mass is 10.1. The van der Waals surface area contributed by atoms with Crippen LogP contribution in [0.1, 0.15) is 65.5 Å². The van der Waals surface area contributed by atoms with Crippen LogP contribution in [0.15, 0.2) is 24.3 Å². The monoisotopic (exact) mass is 427 g/mol.